The summed E-state index contributed by atoms with van der Waals surface area (Å²) in [6.45, 7) is 0. The van der Waals surface area contributed by atoms with E-state index >= 15 is 0 Å². The van der Waals surface area contributed by atoms with Crippen molar-refractivity contribution in [1.29, 1.82) is 0 Å². The third kappa shape index (κ3) is 0.716. The van der Waals surface area contributed by atoms with Gasteiger partial charge in [-0.25, -0.2) is 0 Å². The number of carbonyl (C=O) groups excluding carboxylic acids is 2. The van der Waals surface area contributed by atoms with Gasteiger partial charge < -0.3 is 0 Å². The first-order valence-corrected chi connectivity index (χ1v) is 2.15. The summed E-state index contributed by atoms with van der Waals surface area (Å²) in [6.07, 6.45) is 1.98. The van der Waals surface area contributed by atoms with Crippen LogP contribution >= 0.6 is 0 Å². The van der Waals surface area contributed by atoms with Crippen LogP contribution in [0.3, 0.4) is 0 Å². The summed E-state index contributed by atoms with van der Waals surface area (Å²) in [6, 6.07) is 0. The number of imide groups is 1. The first-order valence-electron chi connectivity index (χ1n) is 2.15. The van der Waals surface area contributed by atoms with Gasteiger partial charge >= 0.3 is 0 Å². The molecule has 0 spiro atoms. The molecule has 0 aromatic carbocycles. The van der Waals surface area contributed by atoms with Gasteiger partial charge in [-0.1, -0.05) is 0 Å². The van der Waals surface area contributed by atoms with Crippen LogP contribution in [0.5, 0.6) is 0 Å². The quantitative estimate of drug-likeness (QED) is 0.354. The zero-order valence-electron chi connectivity index (χ0n) is 4.27. The Balaban J connectivity index is 2.87. The van der Waals surface area contributed by atoms with Crippen molar-refractivity contribution in [3.05, 3.63) is 17.1 Å². The molecule has 0 bridgehead atoms. The van der Waals surface area contributed by atoms with Gasteiger partial charge in [0, 0.05) is 12.2 Å². The highest BCUT2D eigenvalue weighted by molar-refractivity contribution is 6.12. The number of carbonyl (C=O) groups is 2. The van der Waals surface area contributed by atoms with Crippen molar-refractivity contribution in [2.45, 2.75) is 0 Å². The van der Waals surface area contributed by atoms with Crippen molar-refractivity contribution in [2.24, 2.45) is 5.29 Å². The Morgan fingerprint density at radius 2 is 1.67 bits per heavy atom. The minimum absolute atomic E-state index is 0.250. The highest BCUT2D eigenvalue weighted by atomic mass is 16.3. The second-order valence-corrected chi connectivity index (χ2v) is 1.40. The lowest BCUT2D eigenvalue weighted by molar-refractivity contribution is -0.136. The largest absolute Gasteiger partial charge is 0.277 e. The summed E-state index contributed by atoms with van der Waals surface area (Å²) in [5, 5.41) is 2.42. The van der Waals surface area contributed by atoms with Crippen LogP contribution in [-0.4, -0.2) is 16.8 Å². The summed E-state index contributed by atoms with van der Waals surface area (Å²) in [5.74, 6) is -1.37. The average Bonchev–Trinajstić information content (AvgIpc) is 2.12. The van der Waals surface area contributed by atoms with E-state index in [1.165, 1.54) is 0 Å². The molecule has 5 nitrogen and oxygen atoms in total. The fraction of sp³-hybridized carbons (Fsp3) is 0. The van der Waals surface area contributed by atoms with E-state index in [1.807, 2.05) is 0 Å². The number of hydrogen-bond acceptors (Lipinski definition) is 4. The number of hydrogen-bond donors (Lipinski definition) is 0. The Kier molecular flexibility index (Phi) is 1.11. The lowest BCUT2D eigenvalue weighted by Gasteiger charge is -1.96. The highest BCUT2D eigenvalue weighted by Gasteiger charge is 2.23. The molecule has 1 rings (SSSR count). The molecule has 1 aliphatic heterocycles. The highest BCUT2D eigenvalue weighted by Crippen LogP contribution is 2.01. The first-order chi connectivity index (χ1) is 4.25. The van der Waals surface area contributed by atoms with Gasteiger partial charge in [-0.2, -0.15) is 0 Å². The molecule has 5 heteroatoms. The van der Waals surface area contributed by atoms with Crippen LogP contribution in [0.15, 0.2) is 17.4 Å². The van der Waals surface area contributed by atoms with Gasteiger partial charge in [-0.05, 0) is 0 Å². The molecular formula is C4H2N2O3. The monoisotopic (exact) mass is 126 g/mol. The number of rotatable bonds is 1. The number of nitroso groups, excluding NO2 is 1. The smallest absolute Gasteiger partial charge is 0.267 e. The molecule has 1 heterocycles. The zero-order valence-corrected chi connectivity index (χ0v) is 4.27. The Bertz CT molecular complexity index is 190. The predicted octanol–water partition coefficient (Wildman–Crippen LogP) is -0.407. The summed E-state index contributed by atoms with van der Waals surface area (Å²) in [5.41, 5.74) is 0. The van der Waals surface area contributed by atoms with Gasteiger partial charge in [0.25, 0.3) is 11.8 Å². The lowest BCUT2D eigenvalue weighted by Crippen LogP contribution is -2.22. The predicted molar refractivity (Wildman–Crippen MR) is 26.8 cm³/mol. The van der Waals surface area contributed by atoms with Crippen molar-refractivity contribution < 1.29 is 9.59 Å². The van der Waals surface area contributed by atoms with E-state index in [9.17, 15) is 14.5 Å². The lowest BCUT2D eigenvalue weighted by atomic mass is 10.6. The molecular weight excluding hydrogens is 124 g/mol. The van der Waals surface area contributed by atoms with Crippen molar-refractivity contribution in [1.82, 2.24) is 5.01 Å². The van der Waals surface area contributed by atoms with Gasteiger partial charge in [0.05, 0.1) is 5.29 Å². The Morgan fingerprint density at radius 1 is 1.22 bits per heavy atom. The molecule has 9 heavy (non-hydrogen) atoms. The Labute approximate surface area is 49.9 Å². The molecule has 0 aromatic heterocycles. The van der Waals surface area contributed by atoms with Gasteiger partial charge in [0.1, 0.15) is 0 Å². The molecule has 0 aromatic rings. The van der Waals surface area contributed by atoms with E-state index in [-0.39, 0.29) is 5.01 Å². The van der Waals surface area contributed by atoms with Crippen LogP contribution in [0.2, 0.25) is 0 Å². The molecule has 1 aliphatic rings. The normalized spacial score (nSPS) is 17.1. The van der Waals surface area contributed by atoms with E-state index in [0.29, 0.717) is 0 Å². The molecule has 0 radical (unpaired) electrons. The van der Waals surface area contributed by atoms with Crippen LogP contribution < -0.4 is 0 Å². The van der Waals surface area contributed by atoms with Crippen LogP contribution in [0.4, 0.5) is 0 Å². The molecule has 0 unspecified atom stereocenters. The Hall–Kier alpha value is -1.52. The minimum atomic E-state index is -0.685. The molecule has 0 fully saturated rings. The SMILES string of the molecule is O=NN1C(=O)C=CC1=O. The average molecular weight is 126 g/mol. The van der Waals surface area contributed by atoms with Crippen molar-refractivity contribution >= 4 is 11.8 Å². The third-order valence-corrected chi connectivity index (χ3v) is 0.868. The van der Waals surface area contributed by atoms with Crippen molar-refractivity contribution in [3.63, 3.8) is 0 Å². The zero-order chi connectivity index (χ0) is 6.85. The first kappa shape index (κ1) is 5.61. The molecule has 0 atom stereocenters. The minimum Gasteiger partial charge on any atom is -0.267 e. The molecule has 46 valence electrons. The van der Waals surface area contributed by atoms with Gasteiger partial charge in [-0.15, -0.1) is 9.92 Å². The fourth-order valence-electron chi connectivity index (χ4n) is 0.473. The summed E-state index contributed by atoms with van der Waals surface area (Å²) in [4.78, 5) is 30.3. The number of nitrogens with zero attached hydrogens (tertiary/aromatic N) is 2. The maximum absolute atomic E-state index is 10.3. The molecule has 0 aliphatic carbocycles. The van der Waals surface area contributed by atoms with Gasteiger partial charge in [0.15, 0.2) is 0 Å². The summed E-state index contributed by atoms with van der Waals surface area (Å²) in [7, 11) is 0. The van der Waals surface area contributed by atoms with E-state index < -0.39 is 11.8 Å². The van der Waals surface area contributed by atoms with Crippen molar-refractivity contribution in [2.75, 3.05) is 0 Å². The van der Waals surface area contributed by atoms with Crippen molar-refractivity contribution in [3.8, 4) is 0 Å². The van der Waals surface area contributed by atoms with Crippen LogP contribution in [0, 0.1) is 4.91 Å². The van der Waals surface area contributed by atoms with E-state index in [1.54, 1.807) is 0 Å². The van der Waals surface area contributed by atoms with Gasteiger partial charge in [0.2, 0.25) is 0 Å². The standard InChI is InChI=1S/C4H2N2O3/c7-3-1-2-4(8)6(3)5-9/h1-2H. The van der Waals surface area contributed by atoms with Crippen LogP contribution in [0.25, 0.3) is 0 Å². The second kappa shape index (κ2) is 1.77. The second-order valence-electron chi connectivity index (χ2n) is 1.40. The Morgan fingerprint density at radius 3 is 1.89 bits per heavy atom. The third-order valence-electron chi connectivity index (χ3n) is 0.868. The summed E-state index contributed by atoms with van der Waals surface area (Å²) >= 11 is 0. The van der Waals surface area contributed by atoms with E-state index in [4.69, 9.17) is 0 Å². The van der Waals surface area contributed by atoms with Gasteiger partial charge in [-0.3, -0.25) is 9.59 Å². The molecule has 2 amide bonds. The number of amides is 2. The van der Waals surface area contributed by atoms with E-state index in [2.05, 4.69) is 5.29 Å². The van der Waals surface area contributed by atoms with Crippen LogP contribution in [-0.2, 0) is 9.59 Å². The summed E-state index contributed by atoms with van der Waals surface area (Å²) < 4.78 is 0. The molecule has 0 N–H and O–H groups in total. The van der Waals surface area contributed by atoms with Crippen LogP contribution in [0.1, 0.15) is 0 Å². The van der Waals surface area contributed by atoms with E-state index in [0.717, 1.165) is 12.2 Å². The fourth-order valence-corrected chi connectivity index (χ4v) is 0.473. The maximum atomic E-state index is 10.3. The molecule has 0 saturated heterocycles. The topological polar surface area (TPSA) is 66.8 Å². The molecule has 0 saturated carbocycles. The maximum Gasteiger partial charge on any atom is 0.277 e.